The molecule has 4 nitrogen and oxygen atoms in total. The molecule has 0 unspecified atom stereocenters. The molecular formula is C15H23ClN2O2. The number of halogens is 1. The first-order valence-corrected chi connectivity index (χ1v) is 6.85. The van der Waals surface area contributed by atoms with Crippen molar-refractivity contribution in [3.63, 3.8) is 0 Å². The van der Waals surface area contributed by atoms with Gasteiger partial charge in [-0.2, -0.15) is 0 Å². The first kappa shape index (κ1) is 16.8. The van der Waals surface area contributed by atoms with Crippen LogP contribution in [-0.2, 0) is 4.79 Å². The largest absolute Gasteiger partial charge is 0.484 e. The Bertz CT molecular complexity index is 445. The van der Waals surface area contributed by atoms with E-state index in [1.807, 2.05) is 26.0 Å². The van der Waals surface area contributed by atoms with Gasteiger partial charge in [0, 0.05) is 12.6 Å². The van der Waals surface area contributed by atoms with Gasteiger partial charge < -0.3 is 15.4 Å². The van der Waals surface area contributed by atoms with Gasteiger partial charge in [0.2, 0.25) is 0 Å². The smallest absolute Gasteiger partial charge is 0.258 e. The number of piperidine rings is 1. The Kier molecular flexibility index (Phi) is 6.82. The summed E-state index contributed by atoms with van der Waals surface area (Å²) in [6.45, 7) is 6.02. The topological polar surface area (TPSA) is 50.4 Å². The van der Waals surface area contributed by atoms with Gasteiger partial charge in [-0.05, 0) is 44.9 Å². The van der Waals surface area contributed by atoms with Crippen molar-refractivity contribution in [2.75, 3.05) is 19.7 Å². The van der Waals surface area contributed by atoms with Crippen molar-refractivity contribution >= 4 is 18.3 Å². The van der Waals surface area contributed by atoms with Gasteiger partial charge in [0.25, 0.3) is 5.91 Å². The average Bonchev–Trinajstić information content (AvgIpc) is 2.39. The third kappa shape index (κ3) is 5.02. The summed E-state index contributed by atoms with van der Waals surface area (Å²) >= 11 is 0. The molecule has 0 radical (unpaired) electrons. The van der Waals surface area contributed by atoms with Crippen LogP contribution in [0.2, 0.25) is 0 Å². The van der Waals surface area contributed by atoms with Gasteiger partial charge in [0.15, 0.2) is 6.61 Å². The van der Waals surface area contributed by atoms with Crippen LogP contribution in [-0.4, -0.2) is 31.6 Å². The van der Waals surface area contributed by atoms with Gasteiger partial charge >= 0.3 is 0 Å². The highest BCUT2D eigenvalue weighted by Crippen LogP contribution is 2.18. The predicted molar refractivity (Wildman–Crippen MR) is 82.7 cm³/mol. The lowest BCUT2D eigenvalue weighted by Gasteiger charge is -2.23. The number of ether oxygens (including phenoxy) is 1. The first-order chi connectivity index (χ1) is 9.15. The Balaban J connectivity index is 0.00000200. The second kappa shape index (κ2) is 8.12. The Hall–Kier alpha value is -1.26. The van der Waals surface area contributed by atoms with E-state index in [1.165, 1.54) is 5.56 Å². The molecule has 1 aliphatic rings. The van der Waals surface area contributed by atoms with Crippen LogP contribution in [0.5, 0.6) is 5.75 Å². The van der Waals surface area contributed by atoms with Gasteiger partial charge in [0.1, 0.15) is 5.75 Å². The van der Waals surface area contributed by atoms with Crippen molar-refractivity contribution < 1.29 is 9.53 Å². The van der Waals surface area contributed by atoms with Crippen molar-refractivity contribution in [1.29, 1.82) is 0 Å². The highest BCUT2D eigenvalue weighted by Gasteiger charge is 2.15. The first-order valence-electron chi connectivity index (χ1n) is 6.85. The van der Waals surface area contributed by atoms with E-state index in [2.05, 4.69) is 16.7 Å². The standard InChI is InChI=1S/C15H22N2O2.ClH/c1-11-5-6-14(12(2)8-11)19-10-15(18)17-13-4-3-7-16-9-13;/h5-6,8,13,16H,3-4,7,9-10H2,1-2H3,(H,17,18);1H/t13-;/m0./s1. The Morgan fingerprint density at radius 2 is 2.25 bits per heavy atom. The number of hydrogen-bond acceptors (Lipinski definition) is 3. The molecule has 0 bridgehead atoms. The molecule has 20 heavy (non-hydrogen) atoms. The molecule has 1 heterocycles. The summed E-state index contributed by atoms with van der Waals surface area (Å²) < 4.78 is 5.56. The van der Waals surface area contributed by atoms with E-state index in [-0.39, 0.29) is 31.0 Å². The fourth-order valence-electron chi connectivity index (χ4n) is 2.35. The molecule has 0 aliphatic carbocycles. The minimum atomic E-state index is -0.0475. The van der Waals surface area contributed by atoms with Crippen molar-refractivity contribution in [1.82, 2.24) is 10.6 Å². The van der Waals surface area contributed by atoms with E-state index < -0.39 is 0 Å². The summed E-state index contributed by atoms with van der Waals surface area (Å²) in [5, 5.41) is 6.27. The molecule has 2 rings (SSSR count). The van der Waals surface area contributed by atoms with Crippen LogP contribution >= 0.6 is 12.4 Å². The lowest BCUT2D eigenvalue weighted by atomic mass is 10.1. The summed E-state index contributed by atoms with van der Waals surface area (Å²) in [7, 11) is 0. The Labute approximate surface area is 126 Å². The van der Waals surface area contributed by atoms with Crippen LogP contribution in [0, 0.1) is 13.8 Å². The van der Waals surface area contributed by atoms with Gasteiger partial charge in [0.05, 0.1) is 0 Å². The number of benzene rings is 1. The summed E-state index contributed by atoms with van der Waals surface area (Å²) in [5.41, 5.74) is 2.26. The van der Waals surface area contributed by atoms with E-state index >= 15 is 0 Å². The SMILES string of the molecule is Cc1ccc(OCC(=O)N[C@H]2CCCNC2)c(C)c1.Cl. The molecule has 112 valence electrons. The molecule has 5 heteroatoms. The summed E-state index contributed by atoms with van der Waals surface area (Å²) in [6.07, 6.45) is 2.16. The van der Waals surface area contributed by atoms with Gasteiger partial charge in [-0.25, -0.2) is 0 Å². The molecule has 1 atom stereocenters. The van der Waals surface area contributed by atoms with Gasteiger partial charge in [-0.1, -0.05) is 17.7 Å². The van der Waals surface area contributed by atoms with Crippen molar-refractivity contribution in [2.24, 2.45) is 0 Å². The highest BCUT2D eigenvalue weighted by atomic mass is 35.5. The van der Waals surface area contributed by atoms with E-state index in [0.29, 0.717) is 0 Å². The number of hydrogen-bond donors (Lipinski definition) is 2. The Morgan fingerprint density at radius 3 is 2.90 bits per heavy atom. The van der Waals surface area contributed by atoms with E-state index in [0.717, 1.165) is 37.2 Å². The van der Waals surface area contributed by atoms with Crippen LogP contribution in [0.25, 0.3) is 0 Å². The fraction of sp³-hybridized carbons (Fsp3) is 0.533. The zero-order chi connectivity index (χ0) is 13.7. The maximum absolute atomic E-state index is 11.8. The van der Waals surface area contributed by atoms with Crippen LogP contribution in [0.1, 0.15) is 24.0 Å². The number of aryl methyl sites for hydroxylation is 2. The molecule has 1 aromatic rings. The summed E-state index contributed by atoms with van der Waals surface area (Å²) in [4.78, 5) is 11.8. The van der Waals surface area contributed by atoms with Crippen molar-refractivity contribution in [3.05, 3.63) is 29.3 Å². The number of carbonyl (C=O) groups excluding carboxylic acids is 1. The number of carbonyl (C=O) groups is 1. The molecule has 1 aliphatic heterocycles. The fourth-order valence-corrected chi connectivity index (χ4v) is 2.35. The van der Waals surface area contributed by atoms with Crippen LogP contribution < -0.4 is 15.4 Å². The quantitative estimate of drug-likeness (QED) is 0.893. The third-order valence-electron chi connectivity index (χ3n) is 3.35. The van der Waals surface area contributed by atoms with E-state index in [1.54, 1.807) is 0 Å². The van der Waals surface area contributed by atoms with Crippen molar-refractivity contribution in [3.8, 4) is 5.75 Å². The van der Waals surface area contributed by atoms with E-state index in [4.69, 9.17) is 4.74 Å². The molecule has 0 aromatic heterocycles. The molecule has 1 aromatic carbocycles. The number of rotatable bonds is 4. The minimum Gasteiger partial charge on any atom is -0.484 e. The minimum absolute atomic E-state index is 0. The molecule has 1 saturated heterocycles. The predicted octanol–water partition coefficient (Wildman–Crippen LogP) is 1.97. The lowest BCUT2D eigenvalue weighted by Crippen LogP contribution is -2.47. The maximum atomic E-state index is 11.8. The molecule has 1 fully saturated rings. The Morgan fingerprint density at radius 1 is 1.45 bits per heavy atom. The number of amides is 1. The van der Waals surface area contributed by atoms with Gasteiger partial charge in [-0.3, -0.25) is 4.79 Å². The summed E-state index contributed by atoms with van der Waals surface area (Å²) in [6, 6.07) is 6.20. The zero-order valence-corrected chi connectivity index (χ0v) is 12.9. The molecule has 0 saturated carbocycles. The van der Waals surface area contributed by atoms with Crippen LogP contribution in [0.3, 0.4) is 0 Å². The highest BCUT2D eigenvalue weighted by molar-refractivity contribution is 5.85. The molecular weight excluding hydrogens is 276 g/mol. The monoisotopic (exact) mass is 298 g/mol. The number of nitrogens with one attached hydrogen (secondary N) is 2. The van der Waals surface area contributed by atoms with Crippen LogP contribution in [0.4, 0.5) is 0 Å². The van der Waals surface area contributed by atoms with Crippen LogP contribution in [0.15, 0.2) is 18.2 Å². The van der Waals surface area contributed by atoms with E-state index in [9.17, 15) is 4.79 Å². The summed E-state index contributed by atoms with van der Waals surface area (Å²) in [5.74, 6) is 0.733. The van der Waals surface area contributed by atoms with Gasteiger partial charge in [-0.15, -0.1) is 12.4 Å². The second-order valence-electron chi connectivity index (χ2n) is 5.17. The van der Waals surface area contributed by atoms with Crippen molar-refractivity contribution in [2.45, 2.75) is 32.7 Å². The third-order valence-corrected chi connectivity index (χ3v) is 3.35. The average molecular weight is 299 g/mol. The molecule has 1 amide bonds. The molecule has 0 spiro atoms. The second-order valence-corrected chi connectivity index (χ2v) is 5.17. The maximum Gasteiger partial charge on any atom is 0.258 e. The lowest BCUT2D eigenvalue weighted by molar-refractivity contribution is -0.123. The normalized spacial score (nSPS) is 18.0. The molecule has 2 N–H and O–H groups in total. The zero-order valence-electron chi connectivity index (χ0n) is 12.1.